The summed E-state index contributed by atoms with van der Waals surface area (Å²) in [5.74, 6) is 0.786. The molecule has 0 atom stereocenters. The number of fused-ring (bicyclic) bond motifs is 1. The second-order valence-electron chi connectivity index (χ2n) is 4.69. The van der Waals surface area contributed by atoms with Crippen molar-refractivity contribution in [2.24, 2.45) is 7.05 Å². The van der Waals surface area contributed by atoms with E-state index in [9.17, 15) is 4.79 Å². The lowest BCUT2D eigenvalue weighted by Crippen LogP contribution is -2.24. The number of amides is 1. The van der Waals surface area contributed by atoms with Crippen molar-refractivity contribution >= 4 is 36.4 Å². The number of anilines is 1. The number of carbonyl (C=O) groups is 1. The fourth-order valence-corrected chi connectivity index (χ4v) is 2.27. The van der Waals surface area contributed by atoms with Gasteiger partial charge in [0.05, 0.1) is 6.54 Å². The third-order valence-electron chi connectivity index (χ3n) is 3.41. The normalized spacial score (nSPS) is 11.7. The van der Waals surface area contributed by atoms with Gasteiger partial charge >= 0.3 is 0 Å². The maximum atomic E-state index is 12.1. The summed E-state index contributed by atoms with van der Waals surface area (Å²) >= 11 is 0. The van der Waals surface area contributed by atoms with Gasteiger partial charge in [0.2, 0.25) is 0 Å². The number of nitrogens with zero attached hydrogens (tertiary/aromatic N) is 2. The average molecular weight is 329 g/mol. The van der Waals surface area contributed by atoms with Crippen LogP contribution in [0.25, 0.3) is 0 Å². The van der Waals surface area contributed by atoms with Crippen LogP contribution in [0.2, 0.25) is 0 Å². The standard InChI is InChI=1S/C14H16N4O.2ClH/c1-18-7-6-16-13(18)9-17-14(19)11-2-3-12-10(8-11)4-5-15-12;;/h2-3,6-8,15H,4-5,9H2,1H3,(H,17,19);2*1H. The Labute approximate surface area is 136 Å². The molecule has 1 aromatic heterocycles. The largest absolute Gasteiger partial charge is 0.384 e. The van der Waals surface area contributed by atoms with E-state index in [1.54, 1.807) is 6.20 Å². The minimum absolute atomic E-state index is 0. The second-order valence-corrected chi connectivity index (χ2v) is 4.69. The Bertz CT molecular complexity index is 627. The number of rotatable bonds is 3. The van der Waals surface area contributed by atoms with Gasteiger partial charge in [-0.15, -0.1) is 24.8 Å². The Balaban J connectivity index is 0.00000110. The Morgan fingerprint density at radius 3 is 2.95 bits per heavy atom. The maximum Gasteiger partial charge on any atom is 0.251 e. The zero-order valence-corrected chi connectivity index (χ0v) is 13.3. The van der Waals surface area contributed by atoms with Crippen LogP contribution in [0.3, 0.4) is 0 Å². The van der Waals surface area contributed by atoms with Gasteiger partial charge in [-0.3, -0.25) is 4.79 Å². The highest BCUT2D eigenvalue weighted by molar-refractivity contribution is 5.95. The molecule has 0 fully saturated rings. The molecular weight excluding hydrogens is 311 g/mol. The van der Waals surface area contributed by atoms with E-state index >= 15 is 0 Å². The predicted octanol–water partition coefficient (Wildman–Crippen LogP) is 2.16. The number of nitrogens with one attached hydrogen (secondary N) is 2. The molecule has 0 spiro atoms. The molecule has 1 aromatic carbocycles. The molecule has 1 aliphatic heterocycles. The van der Waals surface area contributed by atoms with Crippen molar-refractivity contribution in [2.75, 3.05) is 11.9 Å². The summed E-state index contributed by atoms with van der Waals surface area (Å²) in [7, 11) is 1.91. The van der Waals surface area contributed by atoms with Crippen molar-refractivity contribution in [3.8, 4) is 0 Å². The number of halogens is 2. The van der Waals surface area contributed by atoms with Crippen LogP contribution in [-0.2, 0) is 20.0 Å². The highest BCUT2D eigenvalue weighted by Gasteiger charge is 2.13. The third-order valence-corrected chi connectivity index (χ3v) is 3.41. The number of imidazole rings is 1. The van der Waals surface area contributed by atoms with Crippen LogP contribution in [-0.4, -0.2) is 22.0 Å². The molecular formula is C14H18Cl2N4O. The molecule has 7 heteroatoms. The van der Waals surface area contributed by atoms with E-state index in [1.165, 1.54) is 5.56 Å². The fraction of sp³-hybridized carbons (Fsp3) is 0.286. The van der Waals surface area contributed by atoms with Crippen LogP contribution in [0.4, 0.5) is 5.69 Å². The Hall–Kier alpha value is -1.72. The van der Waals surface area contributed by atoms with Gasteiger partial charge in [0, 0.05) is 37.2 Å². The van der Waals surface area contributed by atoms with Crippen LogP contribution < -0.4 is 10.6 Å². The first kappa shape index (κ1) is 17.3. The van der Waals surface area contributed by atoms with Gasteiger partial charge in [-0.05, 0) is 30.2 Å². The van der Waals surface area contributed by atoms with Crippen molar-refractivity contribution in [3.05, 3.63) is 47.5 Å². The first-order valence-electron chi connectivity index (χ1n) is 6.35. The molecule has 3 rings (SSSR count). The van der Waals surface area contributed by atoms with Gasteiger partial charge in [-0.1, -0.05) is 0 Å². The van der Waals surface area contributed by atoms with Gasteiger partial charge < -0.3 is 15.2 Å². The smallest absolute Gasteiger partial charge is 0.251 e. The lowest BCUT2D eigenvalue weighted by Gasteiger charge is -2.07. The zero-order chi connectivity index (χ0) is 13.2. The number of hydrogen-bond acceptors (Lipinski definition) is 3. The molecule has 0 saturated carbocycles. The molecule has 5 nitrogen and oxygen atoms in total. The van der Waals surface area contributed by atoms with Crippen LogP contribution in [0.15, 0.2) is 30.6 Å². The SMILES string of the molecule is Cl.Cl.Cn1ccnc1CNC(=O)c1ccc2c(c1)CCN2. The Morgan fingerprint density at radius 2 is 2.24 bits per heavy atom. The Kier molecular flexibility index (Phi) is 6.05. The number of benzene rings is 1. The van der Waals surface area contributed by atoms with E-state index in [1.807, 2.05) is 36.0 Å². The van der Waals surface area contributed by atoms with Crippen molar-refractivity contribution in [2.45, 2.75) is 13.0 Å². The summed E-state index contributed by atoms with van der Waals surface area (Å²) < 4.78 is 1.90. The van der Waals surface area contributed by atoms with Crippen LogP contribution in [0.1, 0.15) is 21.7 Å². The van der Waals surface area contributed by atoms with E-state index in [-0.39, 0.29) is 30.7 Å². The summed E-state index contributed by atoms with van der Waals surface area (Å²) in [6.45, 7) is 1.39. The summed E-state index contributed by atoms with van der Waals surface area (Å²) in [6.07, 6.45) is 4.57. The van der Waals surface area contributed by atoms with Gasteiger partial charge in [0.15, 0.2) is 0 Å². The number of carbonyl (C=O) groups excluding carboxylic acids is 1. The molecule has 21 heavy (non-hydrogen) atoms. The van der Waals surface area contributed by atoms with Crippen molar-refractivity contribution in [1.29, 1.82) is 0 Å². The highest BCUT2D eigenvalue weighted by Crippen LogP contribution is 2.22. The first-order chi connectivity index (χ1) is 9.24. The predicted molar refractivity (Wildman–Crippen MR) is 87.5 cm³/mol. The molecule has 114 valence electrons. The minimum Gasteiger partial charge on any atom is -0.384 e. The number of aryl methyl sites for hydroxylation is 1. The van der Waals surface area contributed by atoms with Gasteiger partial charge in [0.1, 0.15) is 5.82 Å². The van der Waals surface area contributed by atoms with Crippen molar-refractivity contribution in [1.82, 2.24) is 14.9 Å². The summed E-state index contributed by atoms with van der Waals surface area (Å²) in [5.41, 5.74) is 3.06. The van der Waals surface area contributed by atoms with Gasteiger partial charge in [0.25, 0.3) is 5.91 Å². The minimum atomic E-state index is -0.0577. The Morgan fingerprint density at radius 1 is 1.43 bits per heavy atom. The fourth-order valence-electron chi connectivity index (χ4n) is 2.27. The molecule has 2 heterocycles. The van der Waals surface area contributed by atoms with E-state index in [2.05, 4.69) is 15.6 Å². The van der Waals surface area contributed by atoms with Crippen LogP contribution >= 0.6 is 24.8 Å². The quantitative estimate of drug-likeness (QED) is 0.907. The zero-order valence-electron chi connectivity index (χ0n) is 11.6. The molecule has 2 aromatic rings. The van der Waals surface area contributed by atoms with Crippen LogP contribution in [0, 0.1) is 0 Å². The third kappa shape index (κ3) is 3.68. The lowest BCUT2D eigenvalue weighted by atomic mass is 10.1. The summed E-state index contributed by atoms with van der Waals surface area (Å²) in [6, 6.07) is 5.78. The summed E-state index contributed by atoms with van der Waals surface area (Å²) in [5, 5.41) is 6.17. The molecule has 0 aliphatic carbocycles. The van der Waals surface area contributed by atoms with E-state index in [0.29, 0.717) is 12.1 Å². The lowest BCUT2D eigenvalue weighted by molar-refractivity contribution is 0.0949. The van der Waals surface area contributed by atoms with Crippen molar-refractivity contribution < 1.29 is 4.79 Å². The van der Waals surface area contributed by atoms with E-state index < -0.39 is 0 Å². The molecule has 0 unspecified atom stereocenters. The second kappa shape index (κ2) is 7.33. The molecule has 0 saturated heterocycles. The number of aromatic nitrogens is 2. The molecule has 1 amide bonds. The first-order valence-corrected chi connectivity index (χ1v) is 6.35. The maximum absolute atomic E-state index is 12.1. The molecule has 0 bridgehead atoms. The van der Waals surface area contributed by atoms with E-state index in [0.717, 1.165) is 24.5 Å². The molecule has 2 N–H and O–H groups in total. The molecule has 1 aliphatic rings. The average Bonchev–Trinajstić information content (AvgIpc) is 3.03. The molecule has 0 radical (unpaired) electrons. The topological polar surface area (TPSA) is 59.0 Å². The number of hydrogen-bond donors (Lipinski definition) is 2. The highest BCUT2D eigenvalue weighted by atomic mass is 35.5. The summed E-state index contributed by atoms with van der Waals surface area (Å²) in [4.78, 5) is 16.3. The van der Waals surface area contributed by atoms with E-state index in [4.69, 9.17) is 0 Å². The van der Waals surface area contributed by atoms with Crippen molar-refractivity contribution in [3.63, 3.8) is 0 Å². The van der Waals surface area contributed by atoms with Gasteiger partial charge in [-0.2, -0.15) is 0 Å². The monoisotopic (exact) mass is 328 g/mol. The van der Waals surface area contributed by atoms with Crippen LogP contribution in [0.5, 0.6) is 0 Å². The van der Waals surface area contributed by atoms with Gasteiger partial charge in [-0.25, -0.2) is 4.98 Å².